The second-order valence-corrected chi connectivity index (χ2v) is 29.7. The summed E-state index contributed by atoms with van der Waals surface area (Å²) in [6.07, 6.45) is 5.54. The van der Waals surface area contributed by atoms with Gasteiger partial charge in [-0.05, 0) is 116 Å². The van der Waals surface area contributed by atoms with Crippen molar-refractivity contribution in [3.63, 3.8) is 0 Å². The smallest absolute Gasteiger partial charge is 0.264 e. The molecule has 12 heterocycles. The first-order valence-electron chi connectivity index (χ1n) is 35.5. The molecule has 0 saturated carbocycles. The summed E-state index contributed by atoms with van der Waals surface area (Å²) in [4.78, 5) is 84.8. The Morgan fingerprint density at radius 2 is 0.699 bits per heavy atom. The van der Waals surface area contributed by atoms with Crippen LogP contribution < -0.4 is 51.9 Å². The third-order valence-electron chi connectivity index (χ3n) is 19.6. The van der Waals surface area contributed by atoms with Crippen LogP contribution in [0.15, 0.2) is 146 Å². The van der Waals surface area contributed by atoms with Crippen LogP contribution in [0.4, 0.5) is 52.0 Å². The van der Waals surface area contributed by atoms with Crippen molar-refractivity contribution in [1.82, 2.24) is 70.8 Å². The number of rotatable bonds is 12. The van der Waals surface area contributed by atoms with E-state index in [1.807, 2.05) is 94.0 Å². The molecular formula is C76H82N20O4S3. The van der Waals surface area contributed by atoms with E-state index >= 15 is 0 Å². The number of nitrogens with zero attached hydrogens (tertiary/aromatic N) is 13. The van der Waals surface area contributed by atoms with Crippen molar-refractivity contribution in [3.05, 3.63) is 161 Å². The number of hydrogen-bond acceptors (Lipinski definition) is 24. The normalized spacial score (nSPS) is 17.0. The zero-order valence-electron chi connectivity index (χ0n) is 57.5. The number of thiophene rings is 3. The quantitative estimate of drug-likeness (QED) is 0.0601. The summed E-state index contributed by atoms with van der Waals surface area (Å²) in [6, 6.07) is 43.4. The SMILES string of the molecule is CN1CCN(c2cccc(Nc3ncc4ccc5sc(C(=O)N6CCNCC6)cc5c4n3)c2)CC1.O=C(c1cc2c(ccc3cnc(Nc4cccc(N5CCNCC5)c4)nc32)s1)N1CCNCC1.O=C(c1cc2c(ccc3cnc(Nc4cccc(N5CCOCC5)c4)nc32)s1)N1CCNCC1. The number of amides is 3. The molecule has 6 aromatic carbocycles. The van der Waals surface area contributed by atoms with Gasteiger partial charge < -0.3 is 76.3 Å². The number of carbonyl (C=O) groups is 3. The average Bonchev–Trinajstić information content (AvgIpc) is 1.75. The van der Waals surface area contributed by atoms with Crippen LogP contribution in [0.5, 0.6) is 0 Å². The maximum absolute atomic E-state index is 13.1. The van der Waals surface area contributed by atoms with E-state index < -0.39 is 0 Å². The van der Waals surface area contributed by atoms with Crippen molar-refractivity contribution in [2.75, 3.05) is 195 Å². The van der Waals surface area contributed by atoms with Crippen LogP contribution in [-0.2, 0) is 4.74 Å². The molecule has 6 aliphatic rings. The summed E-state index contributed by atoms with van der Waals surface area (Å²) in [5.41, 5.74) is 9.02. The predicted octanol–water partition coefficient (Wildman–Crippen LogP) is 9.90. The fourth-order valence-electron chi connectivity index (χ4n) is 13.9. The number of hydrogen-bond donors (Lipinski definition) is 7. The molecule has 0 atom stereocenters. The van der Waals surface area contributed by atoms with Crippen molar-refractivity contribution in [2.24, 2.45) is 0 Å². The van der Waals surface area contributed by atoms with Gasteiger partial charge in [-0.2, -0.15) is 0 Å². The van der Waals surface area contributed by atoms with Gasteiger partial charge in [0.15, 0.2) is 0 Å². The highest BCUT2D eigenvalue weighted by Crippen LogP contribution is 2.37. The van der Waals surface area contributed by atoms with Gasteiger partial charge in [-0.25, -0.2) is 29.9 Å². The largest absolute Gasteiger partial charge is 0.378 e. The summed E-state index contributed by atoms with van der Waals surface area (Å²) < 4.78 is 8.66. The third kappa shape index (κ3) is 15.5. The molecule has 0 bridgehead atoms. The Bertz CT molecular complexity index is 4840. The van der Waals surface area contributed by atoms with E-state index in [0.29, 0.717) is 17.8 Å². The maximum Gasteiger partial charge on any atom is 0.264 e. The van der Waals surface area contributed by atoms with Gasteiger partial charge in [0, 0.05) is 243 Å². The van der Waals surface area contributed by atoms with Gasteiger partial charge >= 0.3 is 0 Å². The lowest BCUT2D eigenvalue weighted by Gasteiger charge is -2.34. The Hall–Kier alpha value is -9.81. The molecule has 3 amide bonds. The second kappa shape index (κ2) is 31.0. The molecular weight excluding hydrogens is 1350 g/mol. The van der Waals surface area contributed by atoms with E-state index in [-0.39, 0.29) is 17.7 Å². The van der Waals surface area contributed by atoms with Gasteiger partial charge in [-0.1, -0.05) is 18.2 Å². The minimum atomic E-state index is 0.100. The van der Waals surface area contributed by atoms with Crippen LogP contribution in [0.2, 0.25) is 0 Å². The fraction of sp³-hybridized carbons (Fsp3) is 0.329. The second-order valence-electron chi connectivity index (χ2n) is 26.4. The number of aromatic nitrogens is 6. The molecule has 24 nitrogen and oxygen atoms in total. The molecule has 103 heavy (non-hydrogen) atoms. The lowest BCUT2D eigenvalue weighted by molar-refractivity contribution is 0.0733. The number of carbonyl (C=O) groups excluding carboxylic acids is 3. The van der Waals surface area contributed by atoms with Gasteiger partial charge in [0.2, 0.25) is 17.8 Å². The van der Waals surface area contributed by atoms with E-state index in [1.54, 1.807) is 11.3 Å². The monoisotopic (exact) mass is 1430 g/mol. The molecule has 27 heteroatoms. The Morgan fingerprint density at radius 1 is 0.379 bits per heavy atom. The van der Waals surface area contributed by atoms with E-state index in [2.05, 4.69) is 146 Å². The molecule has 6 aliphatic heterocycles. The topological polar surface area (TPSA) is 245 Å². The lowest BCUT2D eigenvalue weighted by Crippen LogP contribution is -2.46. The number of morpholine rings is 1. The summed E-state index contributed by atoms with van der Waals surface area (Å²) >= 11 is 4.61. The van der Waals surface area contributed by atoms with Crippen LogP contribution >= 0.6 is 34.0 Å². The summed E-state index contributed by atoms with van der Waals surface area (Å²) in [5, 5.41) is 29.3. The highest BCUT2D eigenvalue weighted by atomic mass is 32.1. The molecule has 6 saturated heterocycles. The minimum Gasteiger partial charge on any atom is -0.378 e. The number of fused-ring (bicyclic) bond motifs is 9. The Morgan fingerprint density at radius 3 is 1.05 bits per heavy atom. The van der Waals surface area contributed by atoms with Crippen LogP contribution in [0.3, 0.4) is 0 Å². The number of benzene rings is 6. The van der Waals surface area contributed by atoms with Crippen molar-refractivity contribution >= 4 is 167 Å². The van der Waals surface area contributed by atoms with Crippen LogP contribution in [-0.4, -0.2) is 231 Å². The van der Waals surface area contributed by atoms with Gasteiger partial charge in [0.05, 0.1) is 44.4 Å². The van der Waals surface area contributed by atoms with Gasteiger partial charge in [-0.15, -0.1) is 34.0 Å². The van der Waals surface area contributed by atoms with Crippen molar-refractivity contribution < 1.29 is 19.1 Å². The first-order valence-corrected chi connectivity index (χ1v) is 38.0. The van der Waals surface area contributed by atoms with E-state index in [9.17, 15) is 14.4 Å². The predicted molar refractivity (Wildman–Crippen MR) is 418 cm³/mol. The fourth-order valence-corrected chi connectivity index (χ4v) is 17.0. The molecule has 0 aliphatic carbocycles. The third-order valence-corrected chi connectivity index (χ3v) is 22.9. The van der Waals surface area contributed by atoms with Gasteiger partial charge in [0.1, 0.15) is 0 Å². The number of anilines is 9. The van der Waals surface area contributed by atoms with E-state index in [4.69, 9.17) is 19.7 Å². The number of piperazine rings is 5. The van der Waals surface area contributed by atoms with Crippen molar-refractivity contribution in [1.29, 1.82) is 0 Å². The Labute approximate surface area is 608 Å². The summed E-state index contributed by atoms with van der Waals surface area (Å²) in [6.45, 7) is 21.0. The molecule has 0 spiro atoms. The highest BCUT2D eigenvalue weighted by Gasteiger charge is 2.26. The molecule has 528 valence electrons. The molecule has 0 radical (unpaired) electrons. The molecule has 12 aromatic rings. The first kappa shape index (κ1) is 67.7. The van der Waals surface area contributed by atoms with Crippen LogP contribution in [0.1, 0.15) is 29.0 Å². The molecule has 0 unspecified atom stereocenters. The molecule has 6 aromatic heterocycles. The van der Waals surface area contributed by atoms with Crippen LogP contribution in [0, 0.1) is 0 Å². The summed E-state index contributed by atoms with van der Waals surface area (Å²) in [5.74, 6) is 1.96. The molecule has 18 rings (SSSR count). The number of nitrogens with one attached hydrogen (secondary N) is 7. The van der Waals surface area contributed by atoms with E-state index in [0.717, 1.165) is 258 Å². The Balaban J connectivity index is 0.000000119. The zero-order valence-corrected chi connectivity index (χ0v) is 59.9. The zero-order chi connectivity index (χ0) is 69.6. The Kier molecular flexibility index (Phi) is 20.4. The van der Waals surface area contributed by atoms with Crippen LogP contribution in [0.25, 0.3) is 63.0 Å². The summed E-state index contributed by atoms with van der Waals surface area (Å²) in [7, 11) is 2.17. The van der Waals surface area contributed by atoms with E-state index in [1.165, 1.54) is 34.0 Å². The van der Waals surface area contributed by atoms with Gasteiger partial charge in [-0.3, -0.25) is 14.4 Å². The standard InChI is InChI=1S/C26H29N7OS.C25H27N7OS.C25H26N6O2S/c1-31-11-13-32(14-12-31)20-4-2-3-19(15-20)29-26-28-17-18-5-6-22-21(24(18)30-26)16-23(35-22)25(34)33-9-7-27-8-10-33;33-24(32-12-8-27-9-13-32)22-15-20-21(34-22)5-4-17-16-28-25(30-23(17)20)29-18-2-1-3-19(14-18)31-10-6-26-7-11-31;32-24(31-8-6-26-7-9-31)22-15-20-21(34-22)5-4-17-16-27-25(29-23(17)20)28-18-2-1-3-19(14-18)30-10-12-33-13-11-30/h2-6,15-17,27H,7-14H2,1H3,(H,28,29,30);1-5,14-16,26-27H,6-13H2,(H,28,29,30);1-5,14-16,26H,6-13H2,(H,27,28,29). The lowest BCUT2D eigenvalue weighted by atomic mass is 10.1. The molecule has 6 fully saturated rings. The maximum atomic E-state index is 13.1. The van der Waals surface area contributed by atoms with Gasteiger partial charge in [0.25, 0.3) is 17.7 Å². The minimum absolute atomic E-state index is 0.100. The van der Waals surface area contributed by atoms with Crippen molar-refractivity contribution in [2.45, 2.75) is 0 Å². The number of ether oxygens (including phenoxy) is 1. The highest BCUT2D eigenvalue weighted by molar-refractivity contribution is 7.21. The molecule has 7 N–H and O–H groups in total. The first-order chi connectivity index (χ1) is 50.6. The van der Waals surface area contributed by atoms with Crippen molar-refractivity contribution in [3.8, 4) is 0 Å². The average molecular weight is 1440 g/mol. The number of likely N-dealkylation sites (N-methyl/N-ethyl adjacent to an activating group) is 1.